The largest absolute Gasteiger partial charge is 0.379 e. The van der Waals surface area contributed by atoms with E-state index in [1.807, 2.05) is 13.8 Å². The highest BCUT2D eigenvalue weighted by molar-refractivity contribution is 5.84. The van der Waals surface area contributed by atoms with Gasteiger partial charge in [0.15, 0.2) is 5.78 Å². The Morgan fingerprint density at radius 1 is 1.06 bits per heavy atom. The highest BCUT2D eigenvalue weighted by Crippen LogP contribution is 2.02. The van der Waals surface area contributed by atoms with Crippen LogP contribution in [0.2, 0.25) is 0 Å². The van der Waals surface area contributed by atoms with Gasteiger partial charge in [0.05, 0.1) is 13.2 Å². The second kappa shape index (κ2) is 10.5. The highest BCUT2D eigenvalue weighted by Gasteiger charge is 2.16. The van der Waals surface area contributed by atoms with E-state index in [1.54, 1.807) is 6.92 Å². The standard InChI is InChI=1S/C14H29NO3/c1-11(2)14(16)13(5)18-10-9-17-8-6-7-15-12(3)4/h11-13,15H,6-10H2,1-5H3/t13-/m0/s1. The molecule has 1 atom stereocenters. The van der Waals surface area contributed by atoms with Crippen LogP contribution in [0.25, 0.3) is 0 Å². The van der Waals surface area contributed by atoms with Crippen LogP contribution in [0.5, 0.6) is 0 Å². The van der Waals surface area contributed by atoms with Crippen molar-refractivity contribution in [3.8, 4) is 0 Å². The predicted octanol–water partition coefficient (Wildman–Crippen LogP) is 2.02. The Kier molecular flexibility index (Phi) is 10.2. The summed E-state index contributed by atoms with van der Waals surface area (Å²) in [6, 6.07) is 0.524. The zero-order valence-electron chi connectivity index (χ0n) is 12.5. The Bertz CT molecular complexity index is 217. The first kappa shape index (κ1) is 17.6. The maximum atomic E-state index is 11.5. The Balaban J connectivity index is 3.33. The van der Waals surface area contributed by atoms with Crippen LogP contribution in [-0.2, 0) is 14.3 Å². The van der Waals surface area contributed by atoms with E-state index in [0.29, 0.717) is 19.3 Å². The molecule has 0 unspecified atom stereocenters. The molecule has 0 saturated heterocycles. The quantitative estimate of drug-likeness (QED) is 0.577. The second-order valence-corrected chi connectivity index (χ2v) is 5.14. The molecule has 0 aliphatic heterocycles. The van der Waals surface area contributed by atoms with Crippen LogP contribution in [0.3, 0.4) is 0 Å². The normalized spacial score (nSPS) is 13.3. The molecule has 0 aliphatic carbocycles. The number of ketones is 1. The summed E-state index contributed by atoms with van der Waals surface area (Å²) in [6.07, 6.45) is 0.676. The average molecular weight is 259 g/mol. The molecule has 1 N–H and O–H groups in total. The van der Waals surface area contributed by atoms with Crippen LogP contribution >= 0.6 is 0 Å². The van der Waals surface area contributed by atoms with Crippen molar-refractivity contribution in [1.29, 1.82) is 0 Å². The molecule has 0 heterocycles. The fraction of sp³-hybridized carbons (Fsp3) is 0.929. The summed E-state index contributed by atoms with van der Waals surface area (Å²) in [5.41, 5.74) is 0. The zero-order valence-corrected chi connectivity index (χ0v) is 12.5. The number of nitrogens with one attached hydrogen (secondary N) is 1. The van der Waals surface area contributed by atoms with Crippen molar-refractivity contribution in [3.05, 3.63) is 0 Å². The van der Waals surface area contributed by atoms with Crippen molar-refractivity contribution in [2.24, 2.45) is 5.92 Å². The fourth-order valence-corrected chi connectivity index (χ4v) is 1.50. The minimum Gasteiger partial charge on any atom is -0.379 e. The highest BCUT2D eigenvalue weighted by atomic mass is 16.5. The third-order valence-electron chi connectivity index (χ3n) is 2.58. The minimum atomic E-state index is -0.323. The van der Waals surface area contributed by atoms with E-state index < -0.39 is 0 Å². The summed E-state index contributed by atoms with van der Waals surface area (Å²) in [4.78, 5) is 11.5. The summed E-state index contributed by atoms with van der Waals surface area (Å²) in [7, 11) is 0. The second-order valence-electron chi connectivity index (χ2n) is 5.14. The van der Waals surface area contributed by atoms with Crippen LogP contribution in [-0.4, -0.2) is 44.3 Å². The molecule has 0 fully saturated rings. The summed E-state index contributed by atoms with van der Waals surface area (Å²) < 4.78 is 10.8. The van der Waals surface area contributed by atoms with Gasteiger partial charge in [-0.05, 0) is 19.9 Å². The van der Waals surface area contributed by atoms with Crippen molar-refractivity contribution in [2.45, 2.75) is 53.2 Å². The van der Waals surface area contributed by atoms with Gasteiger partial charge in [0, 0.05) is 18.6 Å². The van der Waals surface area contributed by atoms with Gasteiger partial charge in [-0.15, -0.1) is 0 Å². The van der Waals surface area contributed by atoms with Gasteiger partial charge < -0.3 is 14.8 Å². The van der Waals surface area contributed by atoms with E-state index in [4.69, 9.17) is 9.47 Å². The SMILES string of the molecule is CC(C)NCCCOCCO[C@@H](C)C(=O)C(C)C. The van der Waals surface area contributed by atoms with Gasteiger partial charge in [-0.25, -0.2) is 0 Å². The molecule has 0 aromatic carbocycles. The first-order valence-corrected chi connectivity index (χ1v) is 6.91. The predicted molar refractivity (Wildman–Crippen MR) is 73.8 cm³/mol. The van der Waals surface area contributed by atoms with Gasteiger partial charge in [-0.1, -0.05) is 27.7 Å². The van der Waals surface area contributed by atoms with Crippen LogP contribution in [0.15, 0.2) is 0 Å². The zero-order chi connectivity index (χ0) is 14.0. The van der Waals surface area contributed by atoms with Gasteiger partial charge in [0.2, 0.25) is 0 Å². The van der Waals surface area contributed by atoms with Gasteiger partial charge in [-0.2, -0.15) is 0 Å². The summed E-state index contributed by atoms with van der Waals surface area (Å²) in [6.45, 7) is 12.6. The Morgan fingerprint density at radius 2 is 1.72 bits per heavy atom. The topological polar surface area (TPSA) is 47.6 Å². The number of hydrogen-bond donors (Lipinski definition) is 1. The Hall–Kier alpha value is -0.450. The molecule has 4 heteroatoms. The first-order valence-electron chi connectivity index (χ1n) is 6.91. The van der Waals surface area contributed by atoms with E-state index >= 15 is 0 Å². The third-order valence-corrected chi connectivity index (χ3v) is 2.58. The molecular weight excluding hydrogens is 230 g/mol. The fourth-order valence-electron chi connectivity index (χ4n) is 1.50. The number of Topliss-reactive ketones (excluding diaryl/α,β-unsaturated/α-hetero) is 1. The monoisotopic (exact) mass is 259 g/mol. The van der Waals surface area contributed by atoms with Crippen molar-refractivity contribution < 1.29 is 14.3 Å². The molecule has 0 radical (unpaired) electrons. The smallest absolute Gasteiger partial charge is 0.163 e. The maximum absolute atomic E-state index is 11.5. The van der Waals surface area contributed by atoms with Crippen molar-refractivity contribution in [1.82, 2.24) is 5.32 Å². The summed E-state index contributed by atoms with van der Waals surface area (Å²) >= 11 is 0. The summed E-state index contributed by atoms with van der Waals surface area (Å²) in [5, 5.41) is 3.33. The first-order chi connectivity index (χ1) is 8.45. The van der Waals surface area contributed by atoms with Crippen LogP contribution in [0.1, 0.15) is 41.0 Å². The molecule has 0 aromatic heterocycles. The van der Waals surface area contributed by atoms with Crippen LogP contribution in [0, 0.1) is 5.92 Å². The molecule has 0 aromatic rings. The van der Waals surface area contributed by atoms with E-state index in [9.17, 15) is 4.79 Å². The van der Waals surface area contributed by atoms with Gasteiger partial charge >= 0.3 is 0 Å². The molecular formula is C14H29NO3. The number of rotatable bonds is 11. The number of hydrogen-bond acceptors (Lipinski definition) is 4. The number of carbonyl (C=O) groups excluding carboxylic acids is 1. The summed E-state index contributed by atoms with van der Waals surface area (Å²) in [5.74, 6) is 0.180. The van der Waals surface area contributed by atoms with E-state index in [1.165, 1.54) is 0 Å². The number of carbonyl (C=O) groups is 1. The van der Waals surface area contributed by atoms with E-state index in [2.05, 4.69) is 19.2 Å². The number of ether oxygens (including phenoxy) is 2. The molecule has 0 amide bonds. The van der Waals surface area contributed by atoms with E-state index in [0.717, 1.165) is 19.6 Å². The molecule has 0 aliphatic rings. The maximum Gasteiger partial charge on any atom is 0.163 e. The minimum absolute atomic E-state index is 0.0306. The molecule has 0 rings (SSSR count). The molecule has 0 bridgehead atoms. The lowest BCUT2D eigenvalue weighted by molar-refractivity contribution is -0.133. The van der Waals surface area contributed by atoms with Gasteiger partial charge in [0.25, 0.3) is 0 Å². The van der Waals surface area contributed by atoms with Crippen molar-refractivity contribution in [2.75, 3.05) is 26.4 Å². The third kappa shape index (κ3) is 9.57. The van der Waals surface area contributed by atoms with Crippen LogP contribution in [0.4, 0.5) is 0 Å². The molecule has 108 valence electrons. The van der Waals surface area contributed by atoms with Crippen molar-refractivity contribution in [3.63, 3.8) is 0 Å². The lowest BCUT2D eigenvalue weighted by atomic mass is 10.1. The Morgan fingerprint density at radius 3 is 2.28 bits per heavy atom. The average Bonchev–Trinajstić information content (AvgIpc) is 2.30. The lowest BCUT2D eigenvalue weighted by Crippen LogP contribution is -2.27. The molecule has 18 heavy (non-hydrogen) atoms. The molecule has 0 spiro atoms. The van der Waals surface area contributed by atoms with E-state index in [-0.39, 0.29) is 17.8 Å². The Labute approximate surface area is 111 Å². The lowest BCUT2D eigenvalue weighted by Gasteiger charge is -2.14. The van der Waals surface area contributed by atoms with Crippen molar-refractivity contribution >= 4 is 5.78 Å². The van der Waals surface area contributed by atoms with Crippen LogP contribution < -0.4 is 5.32 Å². The van der Waals surface area contributed by atoms with Gasteiger partial charge in [-0.3, -0.25) is 4.79 Å². The molecule has 4 nitrogen and oxygen atoms in total. The molecule has 0 saturated carbocycles. The van der Waals surface area contributed by atoms with Gasteiger partial charge in [0.1, 0.15) is 6.10 Å².